The minimum atomic E-state index is -1.42. The molecular formula is C24H17NO2S. The normalized spacial score (nSPS) is 22.3. The average molecular weight is 383 g/mol. The maximum atomic E-state index is 13.4. The summed E-state index contributed by atoms with van der Waals surface area (Å²) in [6, 6.07) is 24.8. The van der Waals surface area contributed by atoms with E-state index in [4.69, 9.17) is 0 Å². The van der Waals surface area contributed by atoms with Crippen molar-refractivity contribution in [3.63, 3.8) is 0 Å². The molecule has 2 aliphatic heterocycles. The second-order valence-electron chi connectivity index (χ2n) is 7.56. The third-order valence-electron chi connectivity index (χ3n) is 6.00. The van der Waals surface area contributed by atoms with Gasteiger partial charge in [-0.15, -0.1) is 0 Å². The highest BCUT2D eigenvalue weighted by Crippen LogP contribution is 2.54. The number of benzene rings is 4. The van der Waals surface area contributed by atoms with Crippen LogP contribution in [0.4, 0.5) is 0 Å². The van der Waals surface area contributed by atoms with Crippen LogP contribution in [0, 0.1) is 0 Å². The number of amides is 1. The Morgan fingerprint density at radius 3 is 1.54 bits per heavy atom. The zero-order valence-electron chi connectivity index (χ0n) is 15.3. The molecule has 0 radical (unpaired) electrons. The van der Waals surface area contributed by atoms with Gasteiger partial charge in [0.15, 0.2) is 0 Å². The van der Waals surface area contributed by atoms with E-state index in [1.165, 1.54) is 6.92 Å². The lowest BCUT2D eigenvalue weighted by Gasteiger charge is -2.46. The van der Waals surface area contributed by atoms with Gasteiger partial charge in [-0.1, -0.05) is 48.5 Å². The topological polar surface area (TPSA) is 37.4 Å². The van der Waals surface area contributed by atoms with Gasteiger partial charge in [-0.25, -0.2) is 8.51 Å². The summed E-state index contributed by atoms with van der Waals surface area (Å²) in [5.74, 6) is -0.147. The Kier molecular flexibility index (Phi) is 3.16. The maximum absolute atomic E-state index is 13.4. The van der Waals surface area contributed by atoms with E-state index in [0.717, 1.165) is 43.8 Å². The number of hydrogen-bond acceptors (Lipinski definition) is 2. The van der Waals surface area contributed by atoms with Crippen LogP contribution >= 0.6 is 0 Å². The van der Waals surface area contributed by atoms with E-state index in [-0.39, 0.29) is 17.2 Å². The summed E-state index contributed by atoms with van der Waals surface area (Å²) >= 11 is 0. The molecule has 0 saturated carbocycles. The van der Waals surface area contributed by atoms with Crippen molar-refractivity contribution >= 4 is 38.4 Å². The molecule has 0 unspecified atom stereocenters. The molecule has 7 rings (SSSR count). The van der Waals surface area contributed by atoms with Gasteiger partial charge in [0.05, 0.1) is 6.04 Å². The van der Waals surface area contributed by atoms with E-state index in [1.54, 1.807) is 4.31 Å². The van der Waals surface area contributed by atoms with Crippen LogP contribution in [-0.4, -0.2) is 14.4 Å². The molecular weight excluding hydrogens is 366 g/mol. The first-order chi connectivity index (χ1) is 13.6. The van der Waals surface area contributed by atoms with Gasteiger partial charge in [0.2, 0.25) is 5.91 Å². The SMILES string of the molecule is CC(=O)N1C2c3cc4ccccc4cc3C(c3cc4ccccc4cc32)[S@]1=O. The van der Waals surface area contributed by atoms with Gasteiger partial charge in [0.1, 0.15) is 16.2 Å². The van der Waals surface area contributed by atoms with Crippen molar-refractivity contribution in [1.29, 1.82) is 0 Å². The van der Waals surface area contributed by atoms with E-state index in [1.807, 2.05) is 24.3 Å². The van der Waals surface area contributed by atoms with Crippen molar-refractivity contribution in [2.75, 3.05) is 0 Å². The highest BCUT2D eigenvalue weighted by Gasteiger charge is 2.48. The molecule has 4 heteroatoms. The van der Waals surface area contributed by atoms with Crippen molar-refractivity contribution in [1.82, 2.24) is 4.31 Å². The highest BCUT2D eigenvalue weighted by atomic mass is 32.2. The number of fused-ring (bicyclic) bond motifs is 3. The quantitative estimate of drug-likeness (QED) is 0.428. The number of carbonyl (C=O) groups is 1. The summed E-state index contributed by atoms with van der Waals surface area (Å²) in [5.41, 5.74) is 4.37. The van der Waals surface area contributed by atoms with Crippen molar-refractivity contribution < 1.29 is 9.00 Å². The summed E-state index contributed by atoms with van der Waals surface area (Å²) in [4.78, 5) is 12.5. The van der Waals surface area contributed by atoms with Crippen LogP contribution in [0.3, 0.4) is 0 Å². The van der Waals surface area contributed by atoms with Gasteiger partial charge in [-0.05, 0) is 68.1 Å². The van der Waals surface area contributed by atoms with Crippen molar-refractivity contribution in [3.05, 3.63) is 95.1 Å². The van der Waals surface area contributed by atoms with Crippen LogP contribution in [-0.2, 0) is 15.8 Å². The number of rotatable bonds is 0. The monoisotopic (exact) mass is 383 g/mol. The molecule has 1 amide bonds. The smallest absolute Gasteiger partial charge is 0.232 e. The molecule has 2 bridgehead atoms. The Balaban J connectivity index is 1.73. The molecule has 0 saturated heterocycles. The first kappa shape index (κ1) is 16.0. The number of nitrogens with zero attached hydrogens (tertiary/aromatic N) is 1. The molecule has 1 atom stereocenters. The minimum absolute atomic E-state index is 0.147. The largest absolute Gasteiger partial charge is 0.274 e. The Hall–Kier alpha value is -2.98. The Morgan fingerprint density at radius 2 is 1.14 bits per heavy atom. The lowest BCUT2D eigenvalue weighted by Crippen LogP contribution is -2.46. The van der Waals surface area contributed by atoms with Crippen molar-refractivity contribution in [2.45, 2.75) is 18.2 Å². The van der Waals surface area contributed by atoms with Crippen molar-refractivity contribution in [3.8, 4) is 0 Å². The molecule has 28 heavy (non-hydrogen) atoms. The minimum Gasteiger partial charge on any atom is -0.274 e. The first-order valence-corrected chi connectivity index (χ1v) is 10.6. The maximum Gasteiger partial charge on any atom is 0.232 e. The summed E-state index contributed by atoms with van der Waals surface area (Å²) < 4.78 is 15.0. The van der Waals surface area contributed by atoms with Crippen LogP contribution < -0.4 is 0 Å². The fourth-order valence-corrected chi connectivity index (χ4v) is 6.57. The van der Waals surface area contributed by atoms with E-state index >= 15 is 0 Å². The predicted octanol–water partition coefficient (Wildman–Crippen LogP) is 5.01. The van der Waals surface area contributed by atoms with Crippen LogP contribution in [0.5, 0.6) is 0 Å². The molecule has 0 spiro atoms. The fourth-order valence-electron chi connectivity index (χ4n) is 4.81. The average Bonchev–Trinajstić information content (AvgIpc) is 2.70. The zero-order chi connectivity index (χ0) is 19.0. The Morgan fingerprint density at radius 1 is 0.750 bits per heavy atom. The highest BCUT2D eigenvalue weighted by molar-refractivity contribution is 7.83. The van der Waals surface area contributed by atoms with Gasteiger partial charge < -0.3 is 0 Å². The summed E-state index contributed by atoms with van der Waals surface area (Å²) in [6.45, 7) is 1.51. The summed E-state index contributed by atoms with van der Waals surface area (Å²) in [6.07, 6.45) is 0. The second kappa shape index (κ2) is 5.52. The lowest BCUT2D eigenvalue weighted by atomic mass is 9.79. The molecule has 0 N–H and O–H groups in total. The number of carbonyl (C=O) groups excluding carboxylic acids is 1. The molecule has 2 heterocycles. The lowest BCUT2D eigenvalue weighted by molar-refractivity contribution is -0.125. The molecule has 0 aromatic heterocycles. The molecule has 0 fully saturated rings. The van der Waals surface area contributed by atoms with E-state index < -0.39 is 11.0 Å². The molecule has 1 aliphatic carbocycles. The summed E-state index contributed by atoms with van der Waals surface area (Å²) in [5, 5.41) is 4.26. The third-order valence-corrected chi connectivity index (χ3v) is 7.76. The molecule has 4 aromatic rings. The number of hydrogen-bond donors (Lipinski definition) is 0. The summed E-state index contributed by atoms with van der Waals surface area (Å²) in [7, 11) is -1.42. The first-order valence-electron chi connectivity index (χ1n) is 9.39. The van der Waals surface area contributed by atoms with Crippen LogP contribution in [0.2, 0.25) is 0 Å². The second-order valence-corrected chi connectivity index (χ2v) is 8.98. The Bertz CT molecular complexity index is 1260. The van der Waals surface area contributed by atoms with Gasteiger partial charge in [-0.3, -0.25) is 4.79 Å². The third kappa shape index (κ3) is 1.98. The van der Waals surface area contributed by atoms with Crippen molar-refractivity contribution in [2.24, 2.45) is 0 Å². The molecule has 3 aliphatic rings. The van der Waals surface area contributed by atoms with E-state index in [0.29, 0.717) is 0 Å². The van der Waals surface area contributed by atoms with Gasteiger partial charge in [0, 0.05) is 6.92 Å². The predicted molar refractivity (Wildman–Crippen MR) is 112 cm³/mol. The van der Waals surface area contributed by atoms with E-state index in [2.05, 4.69) is 48.5 Å². The molecule has 3 nitrogen and oxygen atoms in total. The molecule has 4 aromatic carbocycles. The van der Waals surface area contributed by atoms with Gasteiger partial charge >= 0.3 is 0 Å². The van der Waals surface area contributed by atoms with Crippen LogP contribution in [0.1, 0.15) is 40.5 Å². The molecule has 136 valence electrons. The van der Waals surface area contributed by atoms with E-state index in [9.17, 15) is 9.00 Å². The van der Waals surface area contributed by atoms with Gasteiger partial charge in [0.25, 0.3) is 0 Å². The standard InChI is InChI=1S/C24H17NO2S/c1-14(26)25-23-19-10-15-6-2-4-8-17(15)12-21(19)24(28(25)27)22-13-18-9-5-3-7-16(18)11-20(22)23/h2-13,23-24H,1H3/t23?,24?,28-/m1/s1. The van der Waals surface area contributed by atoms with Gasteiger partial charge in [-0.2, -0.15) is 0 Å². The fraction of sp³-hybridized carbons (Fsp3) is 0.125. The van der Waals surface area contributed by atoms with Crippen LogP contribution in [0.15, 0.2) is 72.8 Å². The van der Waals surface area contributed by atoms with Crippen LogP contribution in [0.25, 0.3) is 21.5 Å². The zero-order valence-corrected chi connectivity index (χ0v) is 16.1. The Labute approximate surface area is 165 Å².